The van der Waals surface area contributed by atoms with Crippen molar-refractivity contribution in [1.29, 1.82) is 0 Å². The third kappa shape index (κ3) is 3.29. The zero-order chi connectivity index (χ0) is 9.68. The molecule has 68 valence electrons. The summed E-state index contributed by atoms with van der Waals surface area (Å²) in [4.78, 5) is 0. The molecule has 3 heteroatoms. The van der Waals surface area contributed by atoms with E-state index in [1.54, 1.807) is 7.11 Å². The number of hydrogen-bond donors (Lipinski definition) is 1. The van der Waals surface area contributed by atoms with E-state index in [1.165, 1.54) is 11.1 Å². The first-order valence-electron chi connectivity index (χ1n) is 4.35. The summed E-state index contributed by atoms with van der Waals surface area (Å²) in [5, 5.41) is 0. The van der Waals surface area contributed by atoms with Crippen LogP contribution in [0.1, 0.15) is 24.1 Å². The summed E-state index contributed by atoms with van der Waals surface area (Å²) in [6.07, 6.45) is 0. The first kappa shape index (κ1) is 11.0. The molecule has 0 heterocycles. The van der Waals surface area contributed by atoms with Gasteiger partial charge in [0.15, 0.2) is 0 Å². The summed E-state index contributed by atoms with van der Waals surface area (Å²) in [7, 11) is 1.79. The Morgan fingerprint density at radius 1 is 1.46 bits per heavy atom. The second kappa shape index (κ2) is 5.62. The van der Waals surface area contributed by atoms with Crippen molar-refractivity contribution >= 4 is 21.6 Å². The van der Waals surface area contributed by atoms with E-state index in [4.69, 9.17) is 8.81 Å². The predicted octanol–water partition coefficient (Wildman–Crippen LogP) is 1.47. The molecule has 1 aromatic carbocycles. The van der Waals surface area contributed by atoms with Crippen LogP contribution in [0.5, 0.6) is 0 Å². The molecule has 0 aliphatic carbocycles. The maximum atomic E-state index is 5.86. The van der Waals surface area contributed by atoms with E-state index >= 15 is 0 Å². The van der Waals surface area contributed by atoms with E-state index in [0.717, 1.165) is 4.44 Å². The van der Waals surface area contributed by atoms with E-state index in [-0.39, 0.29) is 6.04 Å². The summed E-state index contributed by atoms with van der Waals surface area (Å²) in [6.45, 7) is 2.02. The van der Waals surface area contributed by atoms with E-state index < -0.39 is 21.6 Å². The molecule has 1 aromatic rings. The minimum atomic E-state index is -0.641. The van der Waals surface area contributed by atoms with Crippen LogP contribution >= 0.6 is 0 Å². The van der Waals surface area contributed by atoms with Gasteiger partial charge < -0.3 is 0 Å². The Morgan fingerprint density at radius 2 is 2.15 bits per heavy atom. The van der Waals surface area contributed by atoms with Crippen LogP contribution < -0.4 is 5.73 Å². The van der Waals surface area contributed by atoms with Crippen molar-refractivity contribution in [2.45, 2.75) is 17.4 Å². The molecule has 0 amide bonds. The Morgan fingerprint density at radius 3 is 2.77 bits per heavy atom. The monoisotopic (exact) mass is 285 g/mol. The second-order valence-electron chi connectivity index (χ2n) is 3.01. The van der Waals surface area contributed by atoms with Crippen molar-refractivity contribution < 1.29 is 3.07 Å². The molecule has 0 bridgehead atoms. The molecule has 1 rings (SSSR count). The average molecular weight is 284 g/mol. The number of nitrogens with two attached hydrogens (primary N) is 1. The Bertz CT molecular complexity index is 263. The fraction of sp³-hybridized carbons (Fsp3) is 0.400. The van der Waals surface area contributed by atoms with Gasteiger partial charge in [-0.3, -0.25) is 0 Å². The number of benzene rings is 1. The standard InChI is InChI=1S/C9H12N.CH3O.Sn/c1-7-5-3-4-6-9(7)8(2)10;1-2;/h3-6,8H,1,10H2,2H3;1H3;/q;-1;+3. The van der Waals surface area contributed by atoms with E-state index in [1.807, 2.05) is 13.0 Å². The predicted molar refractivity (Wildman–Crippen MR) is 55.5 cm³/mol. The fourth-order valence-electron chi connectivity index (χ4n) is 1.29. The van der Waals surface area contributed by atoms with Crippen LogP contribution in [0.2, 0.25) is 0 Å². The quantitative estimate of drug-likeness (QED) is 0.850. The van der Waals surface area contributed by atoms with Crippen molar-refractivity contribution in [3.05, 3.63) is 35.4 Å². The van der Waals surface area contributed by atoms with Gasteiger partial charge in [-0.25, -0.2) is 0 Å². The first-order chi connectivity index (χ1) is 6.25. The van der Waals surface area contributed by atoms with Gasteiger partial charge in [-0.1, -0.05) is 0 Å². The molecule has 1 unspecified atom stereocenters. The van der Waals surface area contributed by atoms with E-state index in [0.29, 0.717) is 0 Å². The molecular weight excluding hydrogens is 269 g/mol. The first-order valence-corrected chi connectivity index (χ1v) is 7.53. The van der Waals surface area contributed by atoms with Crippen molar-refractivity contribution in [3.63, 3.8) is 0 Å². The van der Waals surface area contributed by atoms with Crippen molar-refractivity contribution in [2.75, 3.05) is 7.11 Å². The van der Waals surface area contributed by atoms with Crippen LogP contribution in [-0.2, 0) is 7.51 Å². The molecule has 0 saturated heterocycles. The van der Waals surface area contributed by atoms with Gasteiger partial charge in [0.25, 0.3) is 0 Å². The van der Waals surface area contributed by atoms with Crippen molar-refractivity contribution in [1.82, 2.24) is 0 Å². The SMILES string of the molecule is C[O][Sn+2][CH2]c1ccccc1C(C)N. The molecule has 13 heavy (non-hydrogen) atoms. The molecule has 0 aromatic heterocycles. The summed E-state index contributed by atoms with van der Waals surface area (Å²) < 4.78 is 6.32. The van der Waals surface area contributed by atoms with Gasteiger partial charge in [0, 0.05) is 0 Å². The van der Waals surface area contributed by atoms with E-state index in [9.17, 15) is 0 Å². The topological polar surface area (TPSA) is 35.2 Å². The van der Waals surface area contributed by atoms with Gasteiger partial charge in [0.05, 0.1) is 0 Å². The average Bonchev–Trinajstić information content (AvgIpc) is 2.15. The van der Waals surface area contributed by atoms with Gasteiger partial charge in [-0.15, -0.1) is 0 Å². The summed E-state index contributed by atoms with van der Waals surface area (Å²) in [6, 6.07) is 8.50. The molecule has 0 spiro atoms. The molecule has 0 aliphatic heterocycles. The zero-order valence-corrected chi connectivity index (χ0v) is 10.9. The number of rotatable bonds is 4. The van der Waals surface area contributed by atoms with Gasteiger partial charge in [0.2, 0.25) is 0 Å². The van der Waals surface area contributed by atoms with Crippen molar-refractivity contribution in [3.8, 4) is 0 Å². The van der Waals surface area contributed by atoms with Crippen molar-refractivity contribution in [2.24, 2.45) is 5.73 Å². The molecule has 1 atom stereocenters. The zero-order valence-electron chi connectivity index (χ0n) is 8.08. The van der Waals surface area contributed by atoms with Gasteiger partial charge in [-0.05, 0) is 0 Å². The third-order valence-corrected chi connectivity index (χ3v) is 4.28. The molecule has 0 saturated carbocycles. The van der Waals surface area contributed by atoms with E-state index in [2.05, 4.69) is 18.2 Å². The minimum absolute atomic E-state index is 0.132. The molecular formula is C10H15NOSn+2. The van der Waals surface area contributed by atoms with Crippen LogP contribution in [0.15, 0.2) is 24.3 Å². The molecule has 0 aliphatic rings. The Balaban J connectivity index is 2.78. The Kier molecular flexibility index (Phi) is 4.76. The van der Waals surface area contributed by atoms with Crippen LogP contribution in [0.4, 0.5) is 0 Å². The fourth-order valence-corrected chi connectivity index (χ4v) is 3.06. The van der Waals surface area contributed by atoms with Crippen LogP contribution in [-0.4, -0.2) is 28.7 Å². The van der Waals surface area contributed by atoms with Crippen LogP contribution in [0, 0.1) is 0 Å². The third-order valence-electron chi connectivity index (χ3n) is 1.95. The Hall–Kier alpha value is -0.0613. The Labute approximate surface area is 90.2 Å². The van der Waals surface area contributed by atoms with Crippen LogP contribution in [0.25, 0.3) is 0 Å². The number of hydrogen-bond acceptors (Lipinski definition) is 2. The molecule has 0 fully saturated rings. The van der Waals surface area contributed by atoms with Gasteiger partial charge >= 0.3 is 90.3 Å². The summed E-state index contributed by atoms with van der Waals surface area (Å²) in [5.74, 6) is 0. The second-order valence-corrected chi connectivity index (χ2v) is 6.01. The van der Waals surface area contributed by atoms with Gasteiger partial charge in [-0.2, -0.15) is 0 Å². The molecule has 2 N–H and O–H groups in total. The van der Waals surface area contributed by atoms with Gasteiger partial charge in [0.1, 0.15) is 0 Å². The summed E-state index contributed by atoms with van der Waals surface area (Å²) >= 11 is -0.641. The maximum absolute atomic E-state index is 5.86. The molecule has 0 radical (unpaired) electrons. The van der Waals surface area contributed by atoms with Crippen LogP contribution in [0.3, 0.4) is 0 Å². The summed E-state index contributed by atoms with van der Waals surface area (Å²) in [5.41, 5.74) is 8.50. The normalized spacial score (nSPS) is 12.2. The molecule has 2 nitrogen and oxygen atoms in total.